The minimum atomic E-state index is -0.971. The van der Waals surface area contributed by atoms with E-state index in [4.69, 9.17) is 11.6 Å². The maximum atomic E-state index is 13.7. The Morgan fingerprint density at radius 1 is 1.21 bits per heavy atom. The van der Waals surface area contributed by atoms with Crippen LogP contribution in [0.4, 0.5) is 0 Å². The minimum absolute atomic E-state index is 0.0646. The van der Waals surface area contributed by atoms with Crippen molar-refractivity contribution in [3.05, 3.63) is 69.7 Å². The second-order valence-corrected chi connectivity index (χ2v) is 10.5. The first-order valence-electron chi connectivity index (χ1n) is 11.5. The van der Waals surface area contributed by atoms with Crippen molar-refractivity contribution >= 4 is 45.0 Å². The van der Waals surface area contributed by atoms with Gasteiger partial charge in [0.05, 0.1) is 6.54 Å². The van der Waals surface area contributed by atoms with Crippen LogP contribution in [-0.2, 0) is 17.9 Å². The summed E-state index contributed by atoms with van der Waals surface area (Å²) in [5, 5.41) is 6.84. The molecule has 7 heteroatoms. The average Bonchev–Trinajstić information content (AvgIpc) is 3.41. The van der Waals surface area contributed by atoms with E-state index in [9.17, 15) is 9.59 Å². The molecule has 0 radical (unpaired) electrons. The molecule has 1 atom stereocenters. The number of carbonyl (C=O) groups excluding carboxylic acids is 2. The SMILES string of the molecule is C[C@@]1(C(=O)NCc2ccc(Cl)cc2)Cn2c(cc3ccsc32)C(=O)N1CCC1=CCCCC1. The number of aromatic nitrogens is 1. The van der Waals surface area contributed by atoms with Gasteiger partial charge in [0, 0.05) is 23.5 Å². The summed E-state index contributed by atoms with van der Waals surface area (Å²) in [7, 11) is 0. The summed E-state index contributed by atoms with van der Waals surface area (Å²) >= 11 is 7.60. The van der Waals surface area contributed by atoms with E-state index in [1.807, 2.05) is 53.3 Å². The van der Waals surface area contributed by atoms with Crippen LogP contribution in [-0.4, -0.2) is 33.4 Å². The van der Waals surface area contributed by atoms with E-state index in [-0.39, 0.29) is 11.8 Å². The Morgan fingerprint density at radius 2 is 2.03 bits per heavy atom. The van der Waals surface area contributed by atoms with Crippen molar-refractivity contribution in [1.82, 2.24) is 14.8 Å². The van der Waals surface area contributed by atoms with E-state index >= 15 is 0 Å². The normalized spacial score (nSPS) is 20.6. The van der Waals surface area contributed by atoms with Crippen molar-refractivity contribution in [2.75, 3.05) is 6.54 Å². The van der Waals surface area contributed by atoms with Crippen LogP contribution in [0.2, 0.25) is 5.02 Å². The van der Waals surface area contributed by atoms with Gasteiger partial charge in [0.15, 0.2) is 0 Å². The van der Waals surface area contributed by atoms with Gasteiger partial charge in [0.25, 0.3) is 5.91 Å². The van der Waals surface area contributed by atoms with E-state index in [0.717, 1.165) is 35.0 Å². The van der Waals surface area contributed by atoms with Crippen molar-refractivity contribution in [3.63, 3.8) is 0 Å². The van der Waals surface area contributed by atoms with Crippen LogP contribution in [0.25, 0.3) is 10.2 Å². The predicted molar refractivity (Wildman–Crippen MR) is 134 cm³/mol. The molecule has 1 aliphatic heterocycles. The number of benzene rings is 1. The van der Waals surface area contributed by atoms with Gasteiger partial charge >= 0.3 is 0 Å². The smallest absolute Gasteiger partial charge is 0.271 e. The molecule has 0 bridgehead atoms. The molecule has 33 heavy (non-hydrogen) atoms. The Hall–Kier alpha value is -2.57. The summed E-state index contributed by atoms with van der Waals surface area (Å²) in [6.45, 7) is 3.30. The van der Waals surface area contributed by atoms with Crippen molar-refractivity contribution in [3.8, 4) is 0 Å². The summed E-state index contributed by atoms with van der Waals surface area (Å²) in [4.78, 5) is 30.2. The molecule has 1 N–H and O–H groups in total. The lowest BCUT2D eigenvalue weighted by Crippen LogP contribution is -2.64. The summed E-state index contributed by atoms with van der Waals surface area (Å²) in [6, 6.07) is 11.4. The van der Waals surface area contributed by atoms with Crippen LogP contribution in [0.5, 0.6) is 0 Å². The van der Waals surface area contributed by atoms with Gasteiger partial charge in [-0.05, 0) is 74.2 Å². The molecule has 0 saturated heterocycles. The second kappa shape index (κ2) is 8.99. The molecule has 5 rings (SSSR count). The zero-order chi connectivity index (χ0) is 23.0. The Kier molecular flexibility index (Phi) is 6.06. The molecule has 172 valence electrons. The highest BCUT2D eigenvalue weighted by Gasteiger charge is 2.47. The van der Waals surface area contributed by atoms with Crippen LogP contribution < -0.4 is 5.32 Å². The summed E-state index contributed by atoms with van der Waals surface area (Å²) < 4.78 is 2.03. The molecule has 2 aromatic heterocycles. The highest BCUT2D eigenvalue weighted by atomic mass is 35.5. The molecule has 0 unspecified atom stereocenters. The molecule has 0 fully saturated rings. The van der Waals surface area contributed by atoms with E-state index in [0.29, 0.717) is 30.4 Å². The largest absolute Gasteiger partial charge is 0.350 e. The Morgan fingerprint density at radius 3 is 2.79 bits per heavy atom. The first kappa shape index (κ1) is 22.2. The maximum absolute atomic E-state index is 13.7. The van der Waals surface area contributed by atoms with Gasteiger partial charge in [-0.3, -0.25) is 9.59 Å². The van der Waals surface area contributed by atoms with Crippen LogP contribution in [0.1, 0.15) is 55.1 Å². The van der Waals surface area contributed by atoms with Gasteiger partial charge < -0.3 is 14.8 Å². The van der Waals surface area contributed by atoms with Gasteiger partial charge in [-0.2, -0.15) is 0 Å². The molecule has 2 aliphatic rings. The number of thiophene rings is 1. The van der Waals surface area contributed by atoms with E-state index in [2.05, 4.69) is 11.4 Å². The molecular formula is C26H28ClN3O2S. The van der Waals surface area contributed by atoms with Crippen LogP contribution in [0.15, 0.2) is 53.4 Å². The topological polar surface area (TPSA) is 54.3 Å². The number of rotatable bonds is 6. The van der Waals surface area contributed by atoms with E-state index in [1.54, 1.807) is 16.2 Å². The molecule has 5 nitrogen and oxygen atoms in total. The van der Waals surface area contributed by atoms with Gasteiger partial charge in [0.1, 0.15) is 16.1 Å². The fourth-order valence-corrected chi connectivity index (χ4v) is 5.99. The molecule has 1 aromatic carbocycles. The van der Waals surface area contributed by atoms with Crippen LogP contribution >= 0.6 is 22.9 Å². The lowest BCUT2D eigenvalue weighted by atomic mass is 9.92. The Bertz CT molecular complexity index is 1230. The third-order valence-electron chi connectivity index (χ3n) is 6.93. The third kappa shape index (κ3) is 4.22. The first-order valence-corrected chi connectivity index (χ1v) is 12.8. The third-order valence-corrected chi connectivity index (χ3v) is 8.13. The molecule has 3 heterocycles. The van der Waals surface area contributed by atoms with Gasteiger partial charge in [-0.15, -0.1) is 11.3 Å². The second-order valence-electron chi connectivity index (χ2n) is 9.19. The van der Waals surface area contributed by atoms with Crippen molar-refractivity contribution < 1.29 is 9.59 Å². The lowest BCUT2D eigenvalue weighted by molar-refractivity contribution is -0.133. The average molecular weight is 482 g/mol. The fraction of sp³-hybridized carbons (Fsp3) is 0.385. The predicted octanol–water partition coefficient (Wildman–Crippen LogP) is 5.78. The standard InChI is InChI=1S/C26H28ClN3O2S/c1-26(25(32)28-16-19-7-9-21(27)10-8-19)17-29-22(15-20-12-14-33-24(20)29)23(31)30(26)13-11-18-5-3-2-4-6-18/h5,7-10,12,14-15H,2-4,6,11,13,16-17H2,1H3,(H,28,32)/t26-/m0/s1. The highest BCUT2D eigenvalue weighted by molar-refractivity contribution is 7.16. The first-order chi connectivity index (χ1) is 16.0. The minimum Gasteiger partial charge on any atom is -0.350 e. The summed E-state index contributed by atoms with van der Waals surface area (Å²) in [5.74, 6) is -0.197. The highest BCUT2D eigenvalue weighted by Crippen LogP contribution is 2.35. The number of hydrogen-bond acceptors (Lipinski definition) is 3. The number of fused-ring (bicyclic) bond motifs is 3. The monoisotopic (exact) mass is 481 g/mol. The molecule has 2 amide bonds. The zero-order valence-corrected chi connectivity index (χ0v) is 20.3. The number of nitrogens with one attached hydrogen (secondary N) is 1. The van der Waals surface area contributed by atoms with E-state index in [1.165, 1.54) is 18.4 Å². The molecule has 1 aliphatic carbocycles. The Labute approximate surface area is 203 Å². The number of allylic oxidation sites excluding steroid dienone is 1. The maximum Gasteiger partial charge on any atom is 0.271 e. The molecule has 0 spiro atoms. The number of carbonyl (C=O) groups is 2. The molecular weight excluding hydrogens is 454 g/mol. The molecule has 0 saturated carbocycles. The van der Waals surface area contributed by atoms with E-state index < -0.39 is 5.54 Å². The van der Waals surface area contributed by atoms with Crippen LogP contribution in [0, 0.1) is 0 Å². The summed E-state index contributed by atoms with van der Waals surface area (Å²) in [5.41, 5.74) is 2.08. The van der Waals surface area contributed by atoms with Crippen molar-refractivity contribution in [1.29, 1.82) is 0 Å². The van der Waals surface area contributed by atoms with Gasteiger partial charge in [0.2, 0.25) is 5.91 Å². The van der Waals surface area contributed by atoms with Crippen LogP contribution in [0.3, 0.4) is 0 Å². The fourth-order valence-electron chi connectivity index (χ4n) is 4.97. The molecule has 3 aromatic rings. The Balaban J connectivity index is 1.43. The lowest BCUT2D eigenvalue weighted by Gasteiger charge is -2.44. The van der Waals surface area contributed by atoms with Crippen molar-refractivity contribution in [2.45, 2.75) is 57.7 Å². The number of hydrogen-bond donors (Lipinski definition) is 1. The quantitative estimate of drug-likeness (QED) is 0.454. The number of halogens is 1. The number of amides is 2. The zero-order valence-electron chi connectivity index (χ0n) is 18.8. The summed E-state index contributed by atoms with van der Waals surface area (Å²) in [6.07, 6.45) is 7.78. The number of nitrogens with zero attached hydrogens (tertiary/aromatic N) is 2. The van der Waals surface area contributed by atoms with Gasteiger partial charge in [-0.1, -0.05) is 35.4 Å². The van der Waals surface area contributed by atoms with Gasteiger partial charge in [-0.25, -0.2) is 0 Å². The van der Waals surface area contributed by atoms with Crippen molar-refractivity contribution in [2.24, 2.45) is 0 Å².